The number of nitrogens with zero attached hydrogens (tertiary/aromatic N) is 2. The number of furan rings is 1. The number of hydrogen-bond acceptors (Lipinski definition) is 7. The minimum absolute atomic E-state index is 0.0569. The van der Waals surface area contributed by atoms with Gasteiger partial charge in [-0.05, 0) is 55.5 Å². The van der Waals surface area contributed by atoms with Crippen LogP contribution in [0, 0.1) is 10.1 Å². The summed E-state index contributed by atoms with van der Waals surface area (Å²) in [5.41, 5.74) is 0.513. The topological polar surface area (TPSA) is 115 Å². The lowest BCUT2D eigenvalue weighted by molar-refractivity contribution is -0.384. The first-order valence-electron chi connectivity index (χ1n) is 9.97. The molecule has 1 aliphatic rings. The maximum Gasteiger partial charge on any atom is 0.270 e. The Morgan fingerprint density at radius 2 is 2.00 bits per heavy atom. The van der Waals surface area contributed by atoms with Gasteiger partial charge in [-0.25, -0.2) is 0 Å². The summed E-state index contributed by atoms with van der Waals surface area (Å²) < 4.78 is 11.2. The van der Waals surface area contributed by atoms with Crippen LogP contribution in [0.4, 0.5) is 11.4 Å². The number of benzene rings is 2. The van der Waals surface area contributed by atoms with Gasteiger partial charge in [-0.3, -0.25) is 29.9 Å². The number of amides is 2. The number of non-ortho nitro benzene ring substituents is 1. The minimum Gasteiger partial charge on any atom is -0.494 e. The molecule has 1 N–H and O–H groups in total. The molecule has 2 heterocycles. The molecule has 0 aliphatic carbocycles. The summed E-state index contributed by atoms with van der Waals surface area (Å²) >= 11 is 11.4. The second kappa shape index (κ2) is 9.46. The minimum atomic E-state index is -0.668. The molecule has 11 heteroatoms. The van der Waals surface area contributed by atoms with E-state index in [9.17, 15) is 19.7 Å². The lowest BCUT2D eigenvalue weighted by Gasteiger charge is -2.29. The predicted molar refractivity (Wildman–Crippen MR) is 130 cm³/mol. The van der Waals surface area contributed by atoms with Gasteiger partial charge >= 0.3 is 0 Å². The average Bonchev–Trinajstić information content (AvgIpc) is 3.25. The van der Waals surface area contributed by atoms with E-state index in [1.165, 1.54) is 29.2 Å². The molecular formula is C23H16ClN3O6S. The van der Waals surface area contributed by atoms with Crippen molar-refractivity contribution in [3.8, 4) is 17.1 Å². The summed E-state index contributed by atoms with van der Waals surface area (Å²) in [6.45, 7) is 2.29. The average molecular weight is 498 g/mol. The molecule has 1 aliphatic heterocycles. The summed E-state index contributed by atoms with van der Waals surface area (Å²) in [5, 5.41) is 13.5. The molecule has 172 valence electrons. The zero-order valence-corrected chi connectivity index (χ0v) is 19.2. The van der Waals surface area contributed by atoms with Crippen molar-refractivity contribution < 1.29 is 23.7 Å². The predicted octanol–water partition coefficient (Wildman–Crippen LogP) is 4.74. The van der Waals surface area contributed by atoms with E-state index in [2.05, 4.69) is 5.32 Å². The van der Waals surface area contributed by atoms with E-state index in [0.29, 0.717) is 29.4 Å². The Morgan fingerprint density at radius 1 is 1.21 bits per heavy atom. The quantitative estimate of drug-likeness (QED) is 0.172. The molecule has 4 rings (SSSR count). The number of hydrogen-bond donors (Lipinski definition) is 1. The Bertz CT molecular complexity index is 1370. The number of nitrogens with one attached hydrogen (secondary N) is 1. The molecular weight excluding hydrogens is 482 g/mol. The molecule has 2 amide bonds. The Balaban J connectivity index is 1.65. The van der Waals surface area contributed by atoms with E-state index in [1.807, 2.05) is 6.92 Å². The Labute approximate surface area is 203 Å². The van der Waals surface area contributed by atoms with Gasteiger partial charge in [0.25, 0.3) is 17.5 Å². The van der Waals surface area contributed by atoms with Gasteiger partial charge in [-0.2, -0.15) is 0 Å². The van der Waals surface area contributed by atoms with Crippen LogP contribution in [0.25, 0.3) is 17.4 Å². The summed E-state index contributed by atoms with van der Waals surface area (Å²) in [6, 6.07) is 13.9. The zero-order chi connectivity index (χ0) is 24.4. The number of halogens is 1. The molecule has 1 fully saturated rings. The lowest BCUT2D eigenvalue weighted by Crippen LogP contribution is -2.54. The molecule has 0 atom stereocenters. The summed E-state index contributed by atoms with van der Waals surface area (Å²) in [6.07, 6.45) is 1.29. The highest BCUT2D eigenvalue weighted by molar-refractivity contribution is 7.80. The lowest BCUT2D eigenvalue weighted by atomic mass is 10.1. The van der Waals surface area contributed by atoms with Crippen LogP contribution in [-0.4, -0.2) is 28.5 Å². The summed E-state index contributed by atoms with van der Waals surface area (Å²) in [7, 11) is 0. The molecule has 34 heavy (non-hydrogen) atoms. The van der Waals surface area contributed by atoms with Crippen molar-refractivity contribution in [2.75, 3.05) is 11.5 Å². The van der Waals surface area contributed by atoms with Gasteiger partial charge in [0.1, 0.15) is 22.8 Å². The molecule has 0 bridgehead atoms. The highest BCUT2D eigenvalue weighted by Crippen LogP contribution is 2.33. The van der Waals surface area contributed by atoms with Crippen molar-refractivity contribution >= 4 is 58.2 Å². The standard InChI is InChI=1S/C23H16ClN3O6S/c1-2-32-15-5-3-4-13(10-15)26-22(29)18(21(28)25-23(26)34)12-16-7-9-20(33-16)17-8-6-14(27(30)31)11-19(17)24/h3-12H,2H2,1H3,(H,25,28,34)/b18-12-. The van der Waals surface area contributed by atoms with Crippen LogP contribution in [0.2, 0.25) is 5.02 Å². The van der Waals surface area contributed by atoms with E-state index in [0.717, 1.165) is 0 Å². The number of rotatable bonds is 6. The van der Waals surface area contributed by atoms with Crippen molar-refractivity contribution in [1.29, 1.82) is 0 Å². The van der Waals surface area contributed by atoms with E-state index in [4.69, 9.17) is 33.0 Å². The highest BCUT2D eigenvalue weighted by atomic mass is 35.5. The van der Waals surface area contributed by atoms with Gasteiger partial charge < -0.3 is 9.15 Å². The fourth-order valence-corrected chi connectivity index (χ4v) is 3.85. The molecule has 0 saturated carbocycles. The molecule has 0 unspecified atom stereocenters. The first-order valence-corrected chi connectivity index (χ1v) is 10.8. The molecule has 1 aromatic heterocycles. The van der Waals surface area contributed by atoms with Crippen LogP contribution in [-0.2, 0) is 9.59 Å². The van der Waals surface area contributed by atoms with E-state index >= 15 is 0 Å². The Morgan fingerprint density at radius 3 is 2.71 bits per heavy atom. The van der Waals surface area contributed by atoms with Crippen LogP contribution < -0.4 is 15.0 Å². The second-order valence-corrected chi connectivity index (χ2v) is 7.81. The van der Waals surface area contributed by atoms with Gasteiger partial charge in [0.05, 0.1) is 22.2 Å². The molecule has 3 aromatic rings. The largest absolute Gasteiger partial charge is 0.494 e. The van der Waals surface area contributed by atoms with Crippen LogP contribution in [0.1, 0.15) is 12.7 Å². The monoisotopic (exact) mass is 497 g/mol. The molecule has 9 nitrogen and oxygen atoms in total. The molecule has 0 spiro atoms. The summed E-state index contributed by atoms with van der Waals surface area (Å²) in [5.74, 6) is -0.230. The van der Waals surface area contributed by atoms with Crippen molar-refractivity contribution in [3.05, 3.63) is 81.1 Å². The van der Waals surface area contributed by atoms with Gasteiger partial charge in [-0.1, -0.05) is 17.7 Å². The maximum atomic E-state index is 13.2. The van der Waals surface area contributed by atoms with Crippen LogP contribution >= 0.6 is 23.8 Å². The number of carbonyl (C=O) groups is 2. The van der Waals surface area contributed by atoms with E-state index in [1.54, 1.807) is 36.4 Å². The third-order valence-corrected chi connectivity index (χ3v) is 5.43. The number of nitro groups is 1. The second-order valence-electron chi connectivity index (χ2n) is 7.01. The fourth-order valence-electron chi connectivity index (χ4n) is 3.31. The number of anilines is 1. The SMILES string of the molecule is CCOc1cccc(N2C(=O)/C(=C\c3ccc(-c4ccc([N+](=O)[O-])cc4Cl)o3)C(=O)NC2=S)c1. The first-order chi connectivity index (χ1) is 16.3. The third kappa shape index (κ3) is 4.54. The van der Waals surface area contributed by atoms with Crippen LogP contribution in [0.5, 0.6) is 5.75 Å². The van der Waals surface area contributed by atoms with Gasteiger partial charge in [0, 0.05) is 23.8 Å². The normalized spacial score (nSPS) is 14.9. The number of thiocarbonyl (C=S) groups is 1. The summed E-state index contributed by atoms with van der Waals surface area (Å²) in [4.78, 5) is 37.3. The highest BCUT2D eigenvalue weighted by Gasteiger charge is 2.35. The fraction of sp³-hybridized carbons (Fsp3) is 0.0870. The van der Waals surface area contributed by atoms with E-state index < -0.39 is 16.7 Å². The van der Waals surface area contributed by atoms with Crippen LogP contribution in [0.3, 0.4) is 0 Å². The van der Waals surface area contributed by atoms with Crippen LogP contribution in [0.15, 0.2) is 64.6 Å². The van der Waals surface area contributed by atoms with Crippen molar-refractivity contribution in [1.82, 2.24) is 5.32 Å². The van der Waals surface area contributed by atoms with Gasteiger partial charge in [0.15, 0.2) is 5.11 Å². The third-order valence-electron chi connectivity index (χ3n) is 4.83. The number of nitro benzene ring substituents is 1. The molecule has 2 aromatic carbocycles. The van der Waals surface area contributed by atoms with Gasteiger partial charge in [-0.15, -0.1) is 0 Å². The van der Waals surface area contributed by atoms with Crippen molar-refractivity contribution in [3.63, 3.8) is 0 Å². The molecule has 1 saturated heterocycles. The first kappa shape index (κ1) is 23.1. The zero-order valence-electron chi connectivity index (χ0n) is 17.6. The van der Waals surface area contributed by atoms with Crippen molar-refractivity contribution in [2.24, 2.45) is 0 Å². The molecule has 0 radical (unpaired) electrons. The Hall–Kier alpha value is -4.02. The maximum absolute atomic E-state index is 13.2. The van der Waals surface area contributed by atoms with Crippen molar-refractivity contribution in [2.45, 2.75) is 6.92 Å². The Kier molecular flexibility index (Phi) is 6.44. The van der Waals surface area contributed by atoms with Gasteiger partial charge in [0.2, 0.25) is 0 Å². The van der Waals surface area contributed by atoms with E-state index in [-0.39, 0.29) is 27.2 Å². The number of ether oxygens (including phenoxy) is 1. The number of carbonyl (C=O) groups excluding carboxylic acids is 2. The smallest absolute Gasteiger partial charge is 0.270 e.